The van der Waals surface area contributed by atoms with E-state index in [-0.39, 0.29) is 18.1 Å². The molecule has 0 amide bonds. The summed E-state index contributed by atoms with van der Waals surface area (Å²) in [7, 11) is 0. The van der Waals surface area contributed by atoms with Gasteiger partial charge in [0.25, 0.3) is 5.56 Å². The Morgan fingerprint density at radius 1 is 1.17 bits per heavy atom. The van der Waals surface area contributed by atoms with Gasteiger partial charge < -0.3 is 4.74 Å². The molecule has 30 heavy (non-hydrogen) atoms. The molecule has 0 aliphatic rings. The quantitative estimate of drug-likeness (QED) is 0.488. The Kier molecular flexibility index (Phi) is 7.33. The van der Waals surface area contributed by atoms with Crippen molar-refractivity contribution >= 4 is 16.9 Å². The van der Waals surface area contributed by atoms with Gasteiger partial charge in [0.1, 0.15) is 5.52 Å². The van der Waals surface area contributed by atoms with Crippen LogP contribution in [-0.2, 0) is 11.3 Å². The van der Waals surface area contributed by atoms with Gasteiger partial charge in [0.2, 0.25) is 0 Å². The molecule has 0 aliphatic heterocycles. The number of benzene rings is 2. The van der Waals surface area contributed by atoms with Gasteiger partial charge in [-0.25, -0.2) is 9.48 Å². The molecule has 6 nitrogen and oxygen atoms in total. The Morgan fingerprint density at radius 2 is 2.00 bits per heavy atom. The Bertz CT molecular complexity index is 1070. The van der Waals surface area contributed by atoms with E-state index in [1.54, 1.807) is 24.3 Å². The maximum absolute atomic E-state index is 12.8. The average Bonchev–Trinajstić information content (AvgIpc) is 2.76. The molecule has 0 radical (unpaired) electrons. The number of nitrogens with zero attached hydrogens (tertiary/aromatic N) is 3. The molecular weight excluding hydrogens is 378 g/mol. The van der Waals surface area contributed by atoms with Crippen LogP contribution in [0.5, 0.6) is 0 Å². The first-order valence-electron chi connectivity index (χ1n) is 10.6. The molecule has 0 spiro atoms. The van der Waals surface area contributed by atoms with Crippen LogP contribution in [0.4, 0.5) is 0 Å². The summed E-state index contributed by atoms with van der Waals surface area (Å²) in [6, 6.07) is 12.7. The monoisotopic (exact) mass is 407 g/mol. The van der Waals surface area contributed by atoms with Gasteiger partial charge >= 0.3 is 5.97 Å². The van der Waals surface area contributed by atoms with E-state index in [0.29, 0.717) is 29.0 Å². The summed E-state index contributed by atoms with van der Waals surface area (Å²) in [5.41, 5.74) is 2.65. The molecule has 0 aliphatic carbocycles. The Labute approximate surface area is 176 Å². The number of ether oxygens (including phenoxy) is 1. The minimum absolute atomic E-state index is 0.196. The SMILES string of the molecule is CCCCC(CC)COC(=O)c1cccc(Cn2nnc3ccc(C)cc3c2=O)c1. The van der Waals surface area contributed by atoms with Crippen LogP contribution >= 0.6 is 0 Å². The summed E-state index contributed by atoms with van der Waals surface area (Å²) in [5, 5.41) is 8.72. The van der Waals surface area contributed by atoms with Gasteiger partial charge in [0, 0.05) is 0 Å². The number of hydrogen-bond acceptors (Lipinski definition) is 5. The molecule has 1 unspecified atom stereocenters. The lowest BCUT2D eigenvalue weighted by Gasteiger charge is -2.15. The summed E-state index contributed by atoms with van der Waals surface area (Å²) in [6.07, 6.45) is 4.36. The standard InChI is InChI=1S/C24H29N3O3/c1-4-6-8-18(5-2)16-30-24(29)20-10-7-9-19(14-20)15-27-23(28)21-13-17(3)11-12-22(21)25-26-27/h7,9-14,18H,4-6,8,15-16H2,1-3H3. The maximum atomic E-state index is 12.8. The van der Waals surface area contributed by atoms with Crippen LogP contribution in [0.1, 0.15) is 61.0 Å². The fourth-order valence-corrected chi connectivity index (χ4v) is 3.44. The Balaban J connectivity index is 1.73. The van der Waals surface area contributed by atoms with Crippen molar-refractivity contribution in [3.8, 4) is 0 Å². The second-order valence-corrected chi connectivity index (χ2v) is 7.79. The second-order valence-electron chi connectivity index (χ2n) is 7.79. The topological polar surface area (TPSA) is 74.1 Å². The number of hydrogen-bond donors (Lipinski definition) is 0. The lowest BCUT2D eigenvalue weighted by molar-refractivity contribution is 0.0428. The average molecular weight is 408 g/mol. The van der Waals surface area contributed by atoms with Gasteiger partial charge in [-0.1, -0.05) is 62.1 Å². The first-order valence-corrected chi connectivity index (χ1v) is 10.6. The van der Waals surface area contributed by atoms with E-state index in [1.807, 2.05) is 25.1 Å². The van der Waals surface area contributed by atoms with Gasteiger partial charge in [0.15, 0.2) is 0 Å². The predicted molar refractivity (Wildman–Crippen MR) is 118 cm³/mol. The minimum atomic E-state index is -0.334. The van der Waals surface area contributed by atoms with Crippen molar-refractivity contribution in [1.82, 2.24) is 15.0 Å². The molecule has 3 rings (SSSR count). The van der Waals surface area contributed by atoms with E-state index < -0.39 is 0 Å². The van der Waals surface area contributed by atoms with Gasteiger partial charge in [-0.05, 0) is 49.1 Å². The Morgan fingerprint density at radius 3 is 2.77 bits per heavy atom. The number of carbonyl (C=O) groups excluding carboxylic acids is 1. The van der Waals surface area contributed by atoms with Crippen molar-refractivity contribution in [2.45, 2.75) is 53.0 Å². The third-order valence-electron chi connectivity index (χ3n) is 5.37. The third-order valence-corrected chi connectivity index (χ3v) is 5.37. The van der Waals surface area contributed by atoms with E-state index in [1.165, 1.54) is 4.68 Å². The molecule has 0 bridgehead atoms. The molecule has 1 heterocycles. The number of carbonyl (C=O) groups is 1. The number of aromatic nitrogens is 3. The lowest BCUT2D eigenvalue weighted by Crippen LogP contribution is -2.25. The Hall–Kier alpha value is -3.02. The molecule has 2 aromatic carbocycles. The normalized spacial score (nSPS) is 12.1. The molecule has 0 N–H and O–H groups in total. The van der Waals surface area contributed by atoms with Crippen LogP contribution in [0.25, 0.3) is 10.9 Å². The largest absolute Gasteiger partial charge is 0.462 e. The lowest BCUT2D eigenvalue weighted by atomic mass is 10.0. The van der Waals surface area contributed by atoms with Crippen LogP contribution in [0.3, 0.4) is 0 Å². The number of unbranched alkanes of at least 4 members (excludes halogenated alkanes) is 1. The van der Waals surface area contributed by atoms with Crippen molar-refractivity contribution in [2.24, 2.45) is 5.92 Å². The fraction of sp³-hybridized carbons (Fsp3) is 0.417. The summed E-state index contributed by atoms with van der Waals surface area (Å²) in [4.78, 5) is 25.3. The highest BCUT2D eigenvalue weighted by Gasteiger charge is 2.13. The maximum Gasteiger partial charge on any atom is 0.338 e. The molecular formula is C24H29N3O3. The van der Waals surface area contributed by atoms with Crippen LogP contribution in [0.2, 0.25) is 0 Å². The molecule has 1 aromatic heterocycles. The van der Waals surface area contributed by atoms with E-state index in [2.05, 4.69) is 24.2 Å². The highest BCUT2D eigenvalue weighted by Crippen LogP contribution is 2.15. The highest BCUT2D eigenvalue weighted by molar-refractivity contribution is 5.89. The summed E-state index contributed by atoms with van der Waals surface area (Å²) >= 11 is 0. The smallest absolute Gasteiger partial charge is 0.338 e. The molecule has 6 heteroatoms. The summed E-state index contributed by atoms with van der Waals surface area (Å²) in [5.74, 6) is 0.0614. The van der Waals surface area contributed by atoms with Crippen molar-refractivity contribution in [3.63, 3.8) is 0 Å². The fourth-order valence-electron chi connectivity index (χ4n) is 3.44. The molecule has 1 atom stereocenters. The molecule has 3 aromatic rings. The second kappa shape index (κ2) is 10.1. The van der Waals surface area contributed by atoms with Crippen molar-refractivity contribution in [2.75, 3.05) is 6.61 Å². The zero-order valence-corrected chi connectivity index (χ0v) is 17.9. The summed E-state index contributed by atoms with van der Waals surface area (Å²) in [6.45, 7) is 6.90. The predicted octanol–water partition coefficient (Wildman–Crippen LogP) is 4.52. The van der Waals surface area contributed by atoms with E-state index in [4.69, 9.17) is 4.74 Å². The van der Waals surface area contributed by atoms with E-state index >= 15 is 0 Å². The number of fused-ring (bicyclic) bond motifs is 1. The molecule has 0 saturated heterocycles. The first-order chi connectivity index (χ1) is 14.5. The number of rotatable bonds is 9. The van der Waals surface area contributed by atoms with Crippen molar-refractivity contribution in [3.05, 3.63) is 69.5 Å². The van der Waals surface area contributed by atoms with E-state index in [0.717, 1.165) is 36.8 Å². The zero-order chi connectivity index (χ0) is 21.5. The van der Waals surface area contributed by atoms with Crippen LogP contribution < -0.4 is 5.56 Å². The third kappa shape index (κ3) is 5.32. The van der Waals surface area contributed by atoms with E-state index in [9.17, 15) is 9.59 Å². The zero-order valence-electron chi connectivity index (χ0n) is 17.9. The highest BCUT2D eigenvalue weighted by atomic mass is 16.5. The van der Waals surface area contributed by atoms with Crippen LogP contribution in [0, 0.1) is 12.8 Å². The van der Waals surface area contributed by atoms with Gasteiger partial charge in [-0.3, -0.25) is 4.79 Å². The first kappa shape index (κ1) is 21.7. The summed E-state index contributed by atoms with van der Waals surface area (Å²) < 4.78 is 6.87. The van der Waals surface area contributed by atoms with Crippen LogP contribution in [0.15, 0.2) is 47.3 Å². The molecule has 0 fully saturated rings. The van der Waals surface area contributed by atoms with Crippen LogP contribution in [-0.4, -0.2) is 27.6 Å². The minimum Gasteiger partial charge on any atom is -0.462 e. The van der Waals surface area contributed by atoms with Gasteiger partial charge in [-0.15, -0.1) is 5.10 Å². The number of aryl methyl sites for hydroxylation is 1. The van der Waals surface area contributed by atoms with Gasteiger partial charge in [-0.2, -0.15) is 0 Å². The van der Waals surface area contributed by atoms with Crippen molar-refractivity contribution < 1.29 is 9.53 Å². The molecule has 158 valence electrons. The van der Waals surface area contributed by atoms with Crippen molar-refractivity contribution in [1.29, 1.82) is 0 Å². The van der Waals surface area contributed by atoms with Gasteiger partial charge in [0.05, 0.1) is 24.1 Å². The molecule has 0 saturated carbocycles. The number of esters is 1.